The molecule has 1 fully saturated rings. The zero-order valence-corrected chi connectivity index (χ0v) is 14.3. The number of thiophene rings is 1. The van der Waals surface area contributed by atoms with E-state index in [0.717, 1.165) is 12.8 Å². The van der Waals surface area contributed by atoms with E-state index in [1.165, 1.54) is 22.2 Å². The van der Waals surface area contributed by atoms with Crippen LogP contribution in [0.1, 0.15) is 19.8 Å². The summed E-state index contributed by atoms with van der Waals surface area (Å²) in [7, 11) is 0. The number of hydrogen-bond donors (Lipinski definition) is 0. The van der Waals surface area contributed by atoms with Crippen molar-refractivity contribution < 1.29 is 14.3 Å². The molecule has 3 rings (SSSR count). The minimum atomic E-state index is -0.281. The van der Waals surface area contributed by atoms with Crippen LogP contribution in [0.4, 0.5) is 0 Å². The molecule has 2 aromatic rings. The first kappa shape index (κ1) is 16.6. The van der Waals surface area contributed by atoms with E-state index in [9.17, 15) is 14.4 Å². The number of nitrogens with zero attached hydrogens (tertiary/aromatic N) is 3. The molecular weight excluding hydrogens is 330 g/mol. The first-order valence-electron chi connectivity index (χ1n) is 7.97. The van der Waals surface area contributed by atoms with Gasteiger partial charge in [-0.3, -0.25) is 19.0 Å². The van der Waals surface area contributed by atoms with Crippen molar-refractivity contribution in [3.05, 3.63) is 28.1 Å². The third-order valence-corrected chi connectivity index (χ3v) is 4.97. The number of aromatic nitrogens is 2. The number of rotatable bonds is 4. The maximum absolute atomic E-state index is 12.5. The highest BCUT2D eigenvalue weighted by atomic mass is 32.1. The second-order valence-electron chi connectivity index (χ2n) is 5.75. The lowest BCUT2D eigenvalue weighted by Gasteiger charge is -2.31. The molecule has 0 saturated carbocycles. The van der Waals surface area contributed by atoms with Crippen molar-refractivity contribution in [3.63, 3.8) is 0 Å². The van der Waals surface area contributed by atoms with Crippen LogP contribution >= 0.6 is 11.3 Å². The van der Waals surface area contributed by atoms with Gasteiger partial charge in [0.1, 0.15) is 11.4 Å². The largest absolute Gasteiger partial charge is 0.466 e. The maximum Gasteiger partial charge on any atom is 0.310 e. The maximum atomic E-state index is 12.5. The summed E-state index contributed by atoms with van der Waals surface area (Å²) in [4.78, 5) is 43.2. The topological polar surface area (TPSA) is 81.5 Å². The van der Waals surface area contributed by atoms with Crippen molar-refractivity contribution in [2.75, 3.05) is 19.7 Å². The summed E-state index contributed by atoms with van der Waals surface area (Å²) in [5.74, 6) is -0.715. The fourth-order valence-corrected chi connectivity index (χ4v) is 3.63. The van der Waals surface area contributed by atoms with E-state index < -0.39 is 0 Å². The van der Waals surface area contributed by atoms with Crippen molar-refractivity contribution in [2.24, 2.45) is 5.92 Å². The number of ether oxygens (including phenoxy) is 1. The quantitative estimate of drug-likeness (QED) is 0.776. The summed E-state index contributed by atoms with van der Waals surface area (Å²) in [5.41, 5.74) is -0.214. The number of likely N-dealkylation sites (tertiary alicyclic amines) is 1. The van der Waals surface area contributed by atoms with Crippen molar-refractivity contribution >= 4 is 33.4 Å². The lowest BCUT2D eigenvalue weighted by Crippen LogP contribution is -2.45. The highest BCUT2D eigenvalue weighted by Crippen LogP contribution is 2.18. The first-order chi connectivity index (χ1) is 11.6. The minimum Gasteiger partial charge on any atom is -0.466 e. The van der Waals surface area contributed by atoms with Crippen molar-refractivity contribution in [2.45, 2.75) is 26.3 Å². The van der Waals surface area contributed by atoms with Gasteiger partial charge in [-0.2, -0.15) is 0 Å². The molecule has 0 aromatic carbocycles. The highest BCUT2D eigenvalue weighted by molar-refractivity contribution is 7.16. The molecule has 3 heterocycles. The molecule has 2 aromatic heterocycles. The number of fused-ring (bicyclic) bond motifs is 1. The Balaban J connectivity index is 1.70. The number of esters is 1. The van der Waals surface area contributed by atoms with Crippen LogP contribution in [0.3, 0.4) is 0 Å². The smallest absolute Gasteiger partial charge is 0.310 e. The van der Waals surface area contributed by atoms with E-state index in [0.29, 0.717) is 29.9 Å². The highest BCUT2D eigenvalue weighted by Gasteiger charge is 2.29. The van der Waals surface area contributed by atoms with Gasteiger partial charge in [0.05, 0.1) is 24.2 Å². The van der Waals surface area contributed by atoms with E-state index in [1.807, 2.05) is 0 Å². The molecule has 1 aliphatic heterocycles. The molecule has 8 heteroatoms. The molecule has 1 atom stereocenters. The number of carbonyl (C=O) groups excluding carboxylic acids is 2. The van der Waals surface area contributed by atoms with E-state index in [-0.39, 0.29) is 29.9 Å². The normalized spacial score (nSPS) is 17.9. The second-order valence-corrected chi connectivity index (χ2v) is 6.64. The predicted octanol–water partition coefficient (Wildman–Crippen LogP) is 1.26. The number of carbonyl (C=O) groups is 2. The predicted molar refractivity (Wildman–Crippen MR) is 89.8 cm³/mol. The van der Waals surface area contributed by atoms with Gasteiger partial charge < -0.3 is 9.64 Å². The summed E-state index contributed by atoms with van der Waals surface area (Å²) in [6, 6.07) is 1.72. The zero-order chi connectivity index (χ0) is 17.1. The van der Waals surface area contributed by atoms with Crippen molar-refractivity contribution in [1.82, 2.24) is 14.5 Å². The molecule has 0 unspecified atom stereocenters. The Hall–Kier alpha value is -2.22. The average molecular weight is 349 g/mol. The molecule has 128 valence electrons. The van der Waals surface area contributed by atoms with Crippen LogP contribution in [-0.2, 0) is 20.9 Å². The van der Waals surface area contributed by atoms with Gasteiger partial charge >= 0.3 is 5.97 Å². The average Bonchev–Trinajstić information content (AvgIpc) is 3.07. The molecule has 1 amide bonds. The Kier molecular flexibility index (Phi) is 4.94. The Bertz CT molecular complexity index is 813. The molecule has 0 radical (unpaired) electrons. The lowest BCUT2D eigenvalue weighted by molar-refractivity contribution is -0.151. The van der Waals surface area contributed by atoms with Gasteiger partial charge in [-0.15, -0.1) is 11.3 Å². The molecule has 1 aliphatic rings. The van der Waals surface area contributed by atoms with Gasteiger partial charge in [0.25, 0.3) is 5.56 Å². The second kappa shape index (κ2) is 7.12. The summed E-state index contributed by atoms with van der Waals surface area (Å²) in [6.07, 6.45) is 2.89. The molecule has 0 bridgehead atoms. The lowest BCUT2D eigenvalue weighted by atomic mass is 9.98. The van der Waals surface area contributed by atoms with Gasteiger partial charge in [0, 0.05) is 13.1 Å². The fraction of sp³-hybridized carbons (Fsp3) is 0.500. The SMILES string of the molecule is CCOC(=O)[C@@H]1CCCN(C(=O)Cn2cnc3sccc3c2=O)C1. The molecule has 24 heavy (non-hydrogen) atoms. The molecule has 0 aliphatic carbocycles. The van der Waals surface area contributed by atoms with Crippen LogP contribution in [0, 0.1) is 5.92 Å². The Morgan fingerprint density at radius 3 is 3.08 bits per heavy atom. The molecule has 7 nitrogen and oxygen atoms in total. The third-order valence-electron chi connectivity index (χ3n) is 4.15. The van der Waals surface area contributed by atoms with Gasteiger partial charge in [-0.1, -0.05) is 0 Å². The van der Waals surface area contributed by atoms with E-state index in [1.54, 1.807) is 23.3 Å². The Morgan fingerprint density at radius 1 is 1.46 bits per heavy atom. The Morgan fingerprint density at radius 2 is 2.29 bits per heavy atom. The van der Waals surface area contributed by atoms with Gasteiger partial charge in [0.15, 0.2) is 0 Å². The fourth-order valence-electron chi connectivity index (χ4n) is 2.91. The van der Waals surface area contributed by atoms with Crippen LogP contribution in [0.15, 0.2) is 22.6 Å². The van der Waals surface area contributed by atoms with Crippen LogP contribution in [0.25, 0.3) is 10.2 Å². The molecule has 0 N–H and O–H groups in total. The van der Waals surface area contributed by atoms with Crippen molar-refractivity contribution in [1.29, 1.82) is 0 Å². The molecule has 0 spiro atoms. The zero-order valence-electron chi connectivity index (χ0n) is 13.4. The number of amides is 1. The number of piperidine rings is 1. The monoisotopic (exact) mass is 349 g/mol. The van der Waals surface area contributed by atoms with Gasteiger partial charge in [0.2, 0.25) is 5.91 Å². The van der Waals surface area contributed by atoms with Crippen LogP contribution in [-0.4, -0.2) is 46.0 Å². The summed E-state index contributed by atoms with van der Waals surface area (Å²) in [5, 5.41) is 2.33. The first-order valence-corrected chi connectivity index (χ1v) is 8.85. The summed E-state index contributed by atoms with van der Waals surface area (Å²) < 4.78 is 6.37. The van der Waals surface area contributed by atoms with Crippen LogP contribution < -0.4 is 5.56 Å². The van der Waals surface area contributed by atoms with E-state index in [4.69, 9.17) is 4.74 Å². The summed E-state index contributed by atoms with van der Waals surface area (Å²) in [6.45, 7) is 2.99. The minimum absolute atomic E-state index is 0.0623. The molecule has 1 saturated heterocycles. The summed E-state index contributed by atoms with van der Waals surface area (Å²) >= 11 is 1.39. The van der Waals surface area contributed by atoms with E-state index >= 15 is 0 Å². The number of hydrogen-bond acceptors (Lipinski definition) is 6. The van der Waals surface area contributed by atoms with Gasteiger partial charge in [-0.05, 0) is 31.2 Å². The molecular formula is C16H19N3O4S. The Labute approximate surface area is 142 Å². The van der Waals surface area contributed by atoms with E-state index in [2.05, 4.69) is 4.98 Å². The van der Waals surface area contributed by atoms with Crippen molar-refractivity contribution in [3.8, 4) is 0 Å². The standard InChI is InChI=1S/C16H19N3O4S/c1-2-23-16(22)11-4-3-6-18(8-11)13(20)9-19-10-17-14-12(15(19)21)5-7-24-14/h5,7,10-11H,2-4,6,8-9H2,1H3/t11-/m1/s1. The van der Waals surface area contributed by atoms with Gasteiger partial charge in [-0.25, -0.2) is 4.98 Å². The third kappa shape index (κ3) is 3.33. The van der Waals surface area contributed by atoms with Crippen LogP contribution in [0.2, 0.25) is 0 Å². The van der Waals surface area contributed by atoms with Crippen LogP contribution in [0.5, 0.6) is 0 Å².